The Balaban J connectivity index is 0.00000144. The van der Waals surface area contributed by atoms with Gasteiger partial charge in [-0.1, -0.05) is 30.3 Å². The van der Waals surface area contributed by atoms with Crippen LogP contribution in [0.15, 0.2) is 36.4 Å². The van der Waals surface area contributed by atoms with Crippen LogP contribution >= 0.6 is 0 Å². The first-order valence-corrected chi connectivity index (χ1v) is 3.73. The number of carbonyl (C=O) groups is 1. The fraction of sp³-hybridized carbons (Fsp3) is 0.100. The van der Waals surface area contributed by atoms with Gasteiger partial charge < -0.3 is 11.2 Å². The lowest BCUT2D eigenvalue weighted by Crippen LogP contribution is -1.98. The number of benzene rings is 1. The van der Waals surface area contributed by atoms with E-state index >= 15 is 0 Å². The first kappa shape index (κ1) is 11.4. The molecule has 70 valence electrons. The molecule has 13 heavy (non-hydrogen) atoms. The van der Waals surface area contributed by atoms with Gasteiger partial charge >= 0.3 is 0 Å². The lowest BCUT2D eigenvalue weighted by Gasteiger charge is -1.98. The zero-order valence-corrected chi connectivity index (χ0v) is 7.45. The zero-order chi connectivity index (χ0) is 8.97. The number of hydrogen-bond acceptors (Lipinski definition) is 2. The molecule has 0 amide bonds. The third-order valence-corrected chi connectivity index (χ3v) is 1.47. The molecule has 1 aromatic carbocycles. The quantitative estimate of drug-likeness (QED) is 0.680. The lowest BCUT2D eigenvalue weighted by atomic mass is 10.1. The number of allylic oxidation sites excluding steroid dienone is 1. The second-order valence-electron chi connectivity index (χ2n) is 2.58. The molecule has 1 aromatic rings. The Hall–Kier alpha value is -1.61. The Kier molecular flexibility index (Phi) is 4.48. The first-order valence-electron chi connectivity index (χ1n) is 3.73. The minimum Gasteiger partial charge on any atom is -0.412 e. The van der Waals surface area contributed by atoms with Gasteiger partial charge in [-0.3, -0.25) is 4.79 Å². The van der Waals surface area contributed by atoms with Crippen molar-refractivity contribution in [2.24, 2.45) is 5.73 Å². The largest absolute Gasteiger partial charge is 0.412 e. The number of hydrogen-bond donors (Lipinski definition) is 1. The predicted molar refractivity (Wildman–Crippen MR) is 52.9 cm³/mol. The average molecular weight is 179 g/mol. The number of nitrogens with two attached hydrogens (primary N) is 1. The molecule has 0 unspecified atom stereocenters. The maximum atomic E-state index is 10.7. The summed E-state index contributed by atoms with van der Waals surface area (Å²) in [4.78, 5) is 10.7. The molecular formula is C10H13NO2. The number of carbonyl (C=O) groups excluding carboxylic acids is 1. The van der Waals surface area contributed by atoms with Gasteiger partial charge in [0.1, 0.15) is 0 Å². The van der Waals surface area contributed by atoms with Crippen LogP contribution in [-0.4, -0.2) is 11.3 Å². The topological polar surface area (TPSA) is 74.6 Å². The van der Waals surface area contributed by atoms with Gasteiger partial charge in [0.05, 0.1) is 0 Å². The standard InChI is InChI=1S/C10H11NO.H2O/c1-8(12)7-10(11)9-5-3-2-4-6-9;/h2-7H,11H2,1H3;1H2. The number of rotatable bonds is 2. The summed E-state index contributed by atoms with van der Waals surface area (Å²) < 4.78 is 0. The SMILES string of the molecule is CC(=O)C=C(N)c1ccccc1.O. The smallest absolute Gasteiger partial charge is 0.154 e. The van der Waals surface area contributed by atoms with E-state index in [0.717, 1.165) is 5.56 Å². The molecule has 4 N–H and O–H groups in total. The van der Waals surface area contributed by atoms with Crippen molar-refractivity contribution < 1.29 is 10.3 Å². The molecule has 3 nitrogen and oxygen atoms in total. The average Bonchev–Trinajstić information content (AvgIpc) is 2.05. The van der Waals surface area contributed by atoms with E-state index in [0.29, 0.717) is 5.70 Å². The molecule has 0 bridgehead atoms. The summed E-state index contributed by atoms with van der Waals surface area (Å²) in [5.41, 5.74) is 7.04. The minimum absolute atomic E-state index is 0. The maximum Gasteiger partial charge on any atom is 0.154 e. The molecule has 0 atom stereocenters. The van der Waals surface area contributed by atoms with Crippen molar-refractivity contribution in [3.05, 3.63) is 42.0 Å². The molecule has 0 saturated carbocycles. The zero-order valence-electron chi connectivity index (χ0n) is 7.45. The van der Waals surface area contributed by atoms with E-state index in [1.165, 1.54) is 13.0 Å². The van der Waals surface area contributed by atoms with Crippen molar-refractivity contribution in [1.29, 1.82) is 0 Å². The van der Waals surface area contributed by atoms with Gasteiger partial charge in [0.2, 0.25) is 0 Å². The van der Waals surface area contributed by atoms with E-state index in [9.17, 15) is 4.79 Å². The van der Waals surface area contributed by atoms with Crippen molar-refractivity contribution in [2.45, 2.75) is 6.92 Å². The van der Waals surface area contributed by atoms with Crippen LogP contribution in [-0.2, 0) is 4.79 Å². The third-order valence-electron chi connectivity index (χ3n) is 1.47. The second kappa shape index (κ2) is 5.11. The van der Waals surface area contributed by atoms with Crippen molar-refractivity contribution in [1.82, 2.24) is 0 Å². The van der Waals surface area contributed by atoms with E-state index in [1.807, 2.05) is 30.3 Å². The van der Waals surface area contributed by atoms with Gasteiger partial charge in [0.25, 0.3) is 0 Å². The van der Waals surface area contributed by atoms with Crippen molar-refractivity contribution in [3.8, 4) is 0 Å². The summed E-state index contributed by atoms with van der Waals surface area (Å²) in [6.45, 7) is 1.48. The van der Waals surface area contributed by atoms with Crippen LogP contribution in [0.5, 0.6) is 0 Å². The van der Waals surface area contributed by atoms with E-state index in [1.54, 1.807) is 0 Å². The van der Waals surface area contributed by atoms with Crippen LogP contribution in [0.25, 0.3) is 5.70 Å². The summed E-state index contributed by atoms with van der Waals surface area (Å²) in [6.07, 6.45) is 1.43. The summed E-state index contributed by atoms with van der Waals surface area (Å²) in [6, 6.07) is 9.42. The molecule has 1 rings (SSSR count). The highest BCUT2D eigenvalue weighted by atomic mass is 16.1. The first-order chi connectivity index (χ1) is 5.70. The Morgan fingerprint density at radius 3 is 2.31 bits per heavy atom. The van der Waals surface area contributed by atoms with Crippen LogP contribution in [0.3, 0.4) is 0 Å². The molecule has 0 radical (unpaired) electrons. The molecule has 0 aliphatic rings. The van der Waals surface area contributed by atoms with Gasteiger partial charge in [-0.05, 0) is 12.5 Å². The highest BCUT2D eigenvalue weighted by molar-refractivity contribution is 5.94. The van der Waals surface area contributed by atoms with Crippen LogP contribution < -0.4 is 5.73 Å². The van der Waals surface area contributed by atoms with Gasteiger partial charge in [-0.2, -0.15) is 0 Å². The number of ketones is 1. The van der Waals surface area contributed by atoms with Crippen LogP contribution in [0, 0.1) is 0 Å². The Morgan fingerprint density at radius 2 is 1.85 bits per heavy atom. The monoisotopic (exact) mass is 179 g/mol. The maximum absolute atomic E-state index is 10.7. The fourth-order valence-electron chi connectivity index (χ4n) is 0.933. The highest BCUT2D eigenvalue weighted by Crippen LogP contribution is 2.06. The lowest BCUT2D eigenvalue weighted by molar-refractivity contribution is -0.112. The Bertz CT molecular complexity index is 304. The molecule has 0 heterocycles. The summed E-state index contributed by atoms with van der Waals surface area (Å²) in [7, 11) is 0. The van der Waals surface area contributed by atoms with E-state index < -0.39 is 0 Å². The molecule has 0 saturated heterocycles. The van der Waals surface area contributed by atoms with Gasteiger partial charge in [0, 0.05) is 11.8 Å². The molecule has 3 heteroatoms. The van der Waals surface area contributed by atoms with Crippen LogP contribution in [0.4, 0.5) is 0 Å². The van der Waals surface area contributed by atoms with Gasteiger partial charge in [0.15, 0.2) is 5.78 Å². The van der Waals surface area contributed by atoms with E-state index in [2.05, 4.69) is 0 Å². The normalized spacial score (nSPS) is 10.4. The van der Waals surface area contributed by atoms with Crippen molar-refractivity contribution in [2.75, 3.05) is 0 Å². The highest BCUT2D eigenvalue weighted by Gasteiger charge is 1.94. The predicted octanol–water partition coefficient (Wildman–Crippen LogP) is 0.750. The van der Waals surface area contributed by atoms with Crippen LogP contribution in [0.2, 0.25) is 0 Å². The molecule has 0 aliphatic carbocycles. The summed E-state index contributed by atoms with van der Waals surface area (Å²) in [5, 5.41) is 0. The van der Waals surface area contributed by atoms with Crippen molar-refractivity contribution in [3.63, 3.8) is 0 Å². The molecule has 0 fully saturated rings. The van der Waals surface area contributed by atoms with Gasteiger partial charge in [-0.25, -0.2) is 0 Å². The Morgan fingerprint density at radius 1 is 1.31 bits per heavy atom. The fourth-order valence-corrected chi connectivity index (χ4v) is 0.933. The third kappa shape index (κ3) is 3.53. The van der Waals surface area contributed by atoms with E-state index in [4.69, 9.17) is 5.73 Å². The summed E-state index contributed by atoms with van der Waals surface area (Å²) >= 11 is 0. The Labute approximate surface area is 77.2 Å². The molecular weight excluding hydrogens is 166 g/mol. The van der Waals surface area contributed by atoms with Crippen molar-refractivity contribution >= 4 is 11.5 Å². The molecule has 0 aliphatic heterocycles. The summed E-state index contributed by atoms with van der Waals surface area (Å²) in [5.74, 6) is -0.0312. The molecule has 0 spiro atoms. The second-order valence-corrected chi connectivity index (χ2v) is 2.58. The van der Waals surface area contributed by atoms with E-state index in [-0.39, 0.29) is 11.3 Å². The van der Waals surface area contributed by atoms with Gasteiger partial charge in [-0.15, -0.1) is 0 Å². The minimum atomic E-state index is -0.0312. The molecule has 0 aromatic heterocycles. The van der Waals surface area contributed by atoms with Crippen LogP contribution in [0.1, 0.15) is 12.5 Å².